The number of benzene rings is 2. The Morgan fingerprint density at radius 2 is 2.07 bits per heavy atom. The van der Waals surface area contributed by atoms with Crippen LogP contribution in [-0.4, -0.2) is 28.2 Å². The molecule has 4 aromatic rings. The first-order chi connectivity index (χ1) is 14.7. The lowest BCUT2D eigenvalue weighted by molar-refractivity contribution is 0.0530. The highest BCUT2D eigenvalue weighted by atomic mass is 32.2. The lowest BCUT2D eigenvalue weighted by atomic mass is 10.2. The van der Waals surface area contributed by atoms with Gasteiger partial charge in [-0.2, -0.15) is 5.10 Å². The molecule has 0 aliphatic heterocycles. The first-order valence-corrected chi connectivity index (χ1v) is 9.84. The number of pyridine rings is 1. The average molecular weight is 420 g/mol. The molecule has 0 atom stereocenters. The summed E-state index contributed by atoms with van der Waals surface area (Å²) in [4.78, 5) is 22.4. The van der Waals surface area contributed by atoms with Gasteiger partial charge in [-0.15, -0.1) is 0 Å². The fraction of sp³-hybridized carbons (Fsp3) is 0.0455. The van der Waals surface area contributed by atoms with E-state index in [1.54, 1.807) is 18.3 Å². The van der Waals surface area contributed by atoms with Crippen LogP contribution in [0.1, 0.15) is 21.7 Å². The second-order valence-electron chi connectivity index (χ2n) is 6.25. The van der Waals surface area contributed by atoms with Crippen molar-refractivity contribution in [1.29, 1.82) is 0 Å². The number of halogens is 1. The third-order valence-corrected chi connectivity index (χ3v) is 5.34. The Morgan fingerprint density at radius 3 is 2.87 bits per heavy atom. The Bertz CT molecular complexity index is 1220. The van der Waals surface area contributed by atoms with Crippen molar-refractivity contribution in [1.82, 2.24) is 20.7 Å². The fourth-order valence-corrected chi connectivity index (χ4v) is 3.94. The van der Waals surface area contributed by atoms with E-state index in [4.69, 9.17) is 0 Å². The summed E-state index contributed by atoms with van der Waals surface area (Å²) >= 11 is 1.28. The van der Waals surface area contributed by atoms with Gasteiger partial charge in [-0.1, -0.05) is 23.9 Å². The van der Waals surface area contributed by atoms with Gasteiger partial charge >= 0.3 is 0 Å². The van der Waals surface area contributed by atoms with Gasteiger partial charge in [0.15, 0.2) is 0 Å². The van der Waals surface area contributed by atoms with Gasteiger partial charge in [0.1, 0.15) is 5.82 Å². The summed E-state index contributed by atoms with van der Waals surface area (Å²) in [5.74, 6) is -1.25. The topological polar surface area (TPSA) is 79.9 Å². The van der Waals surface area contributed by atoms with Crippen molar-refractivity contribution < 1.29 is 14.0 Å². The van der Waals surface area contributed by atoms with Crippen LogP contribution in [0.15, 0.2) is 70.6 Å². The number of hydroxylamine groups is 1. The Morgan fingerprint density at radius 1 is 1.17 bits per heavy atom. The van der Waals surface area contributed by atoms with E-state index >= 15 is 0 Å². The fourth-order valence-electron chi connectivity index (χ4n) is 2.93. The SMILES string of the molecule is CONC(=O)c1c(F)cccc1Sc1ccc2c(C=Cc3ccccn3)n[nH]c2c1. The summed E-state index contributed by atoms with van der Waals surface area (Å²) in [6.07, 6.45) is 5.53. The van der Waals surface area contributed by atoms with Crippen LogP contribution in [0.3, 0.4) is 0 Å². The van der Waals surface area contributed by atoms with Crippen LogP contribution in [0.5, 0.6) is 0 Å². The van der Waals surface area contributed by atoms with Crippen LogP contribution in [0.2, 0.25) is 0 Å². The highest BCUT2D eigenvalue weighted by Crippen LogP contribution is 2.33. The number of nitrogens with zero attached hydrogens (tertiary/aromatic N) is 2. The predicted octanol–water partition coefficient (Wildman–Crippen LogP) is 4.71. The van der Waals surface area contributed by atoms with Crippen molar-refractivity contribution >= 4 is 40.7 Å². The third kappa shape index (κ3) is 4.24. The van der Waals surface area contributed by atoms with Crippen molar-refractivity contribution in [3.05, 3.63) is 83.6 Å². The van der Waals surface area contributed by atoms with Crippen LogP contribution in [0.4, 0.5) is 4.39 Å². The smallest absolute Gasteiger partial charge is 0.277 e. The Hall–Kier alpha value is -3.49. The van der Waals surface area contributed by atoms with Gasteiger partial charge in [-0.3, -0.25) is 19.7 Å². The molecule has 0 aliphatic rings. The van der Waals surface area contributed by atoms with Gasteiger partial charge in [-0.25, -0.2) is 9.87 Å². The second kappa shape index (κ2) is 8.89. The maximum Gasteiger partial charge on any atom is 0.278 e. The minimum atomic E-state index is -0.636. The summed E-state index contributed by atoms with van der Waals surface area (Å²) in [6, 6.07) is 16.0. The van der Waals surface area contributed by atoms with E-state index in [0.29, 0.717) is 4.90 Å². The van der Waals surface area contributed by atoms with Gasteiger partial charge < -0.3 is 0 Å². The molecule has 2 N–H and O–H groups in total. The van der Waals surface area contributed by atoms with E-state index in [1.165, 1.54) is 24.9 Å². The normalized spacial score (nSPS) is 11.3. The number of amides is 1. The summed E-state index contributed by atoms with van der Waals surface area (Å²) in [7, 11) is 1.30. The van der Waals surface area contributed by atoms with Gasteiger partial charge in [0.25, 0.3) is 5.91 Å². The number of aromatic nitrogens is 3. The molecular weight excluding hydrogens is 403 g/mol. The van der Waals surface area contributed by atoms with Crippen molar-refractivity contribution in [3.8, 4) is 0 Å². The lowest BCUT2D eigenvalue weighted by Gasteiger charge is -2.10. The minimum absolute atomic E-state index is 0.0620. The number of H-pyrrole nitrogens is 1. The molecule has 0 fully saturated rings. The molecule has 2 aromatic carbocycles. The van der Waals surface area contributed by atoms with Crippen molar-refractivity contribution in [2.24, 2.45) is 0 Å². The molecule has 0 radical (unpaired) electrons. The number of nitrogens with one attached hydrogen (secondary N) is 2. The lowest BCUT2D eigenvalue weighted by Crippen LogP contribution is -2.23. The number of aromatic amines is 1. The molecule has 8 heteroatoms. The predicted molar refractivity (Wildman–Crippen MR) is 114 cm³/mol. The first kappa shape index (κ1) is 19.8. The molecule has 1 amide bonds. The zero-order valence-corrected chi connectivity index (χ0v) is 16.7. The maximum absolute atomic E-state index is 14.2. The number of carbonyl (C=O) groups is 1. The average Bonchev–Trinajstić information content (AvgIpc) is 3.15. The van der Waals surface area contributed by atoms with Gasteiger partial charge in [0, 0.05) is 21.4 Å². The number of carbonyl (C=O) groups excluding carboxylic acids is 1. The Balaban J connectivity index is 1.61. The molecule has 4 rings (SSSR count). The van der Waals surface area contributed by atoms with Gasteiger partial charge in [0.2, 0.25) is 0 Å². The van der Waals surface area contributed by atoms with E-state index in [-0.39, 0.29) is 5.56 Å². The van der Waals surface area contributed by atoms with E-state index in [9.17, 15) is 9.18 Å². The van der Waals surface area contributed by atoms with Crippen LogP contribution < -0.4 is 5.48 Å². The summed E-state index contributed by atoms with van der Waals surface area (Å²) in [5, 5.41) is 8.31. The molecule has 0 bridgehead atoms. The molecule has 150 valence electrons. The van der Waals surface area contributed by atoms with Crippen LogP contribution in [0, 0.1) is 5.82 Å². The van der Waals surface area contributed by atoms with Crippen LogP contribution in [-0.2, 0) is 4.84 Å². The summed E-state index contributed by atoms with van der Waals surface area (Å²) in [5.41, 5.74) is 4.57. The van der Waals surface area contributed by atoms with E-state index in [1.807, 2.05) is 48.6 Å². The molecule has 2 aromatic heterocycles. The third-order valence-electron chi connectivity index (χ3n) is 4.29. The highest BCUT2D eigenvalue weighted by molar-refractivity contribution is 7.99. The maximum atomic E-state index is 14.2. The van der Waals surface area contributed by atoms with Gasteiger partial charge in [-0.05, 0) is 54.6 Å². The quantitative estimate of drug-likeness (QED) is 0.442. The minimum Gasteiger partial charge on any atom is -0.277 e. The Kier molecular flexibility index (Phi) is 5.87. The molecular formula is C22H17FN4O2S. The molecule has 30 heavy (non-hydrogen) atoms. The van der Waals surface area contributed by atoms with Crippen LogP contribution in [0.25, 0.3) is 23.1 Å². The van der Waals surface area contributed by atoms with Crippen molar-refractivity contribution in [2.45, 2.75) is 9.79 Å². The Labute approximate surface area is 176 Å². The largest absolute Gasteiger partial charge is 0.278 e. The number of rotatable bonds is 6. The monoisotopic (exact) mass is 420 g/mol. The number of fused-ring (bicyclic) bond motifs is 1. The standard InChI is InChI=1S/C22H17FN4O2S/c1-29-27-22(28)21-17(23)6-4-7-20(21)30-15-9-10-16-18(25-26-19(16)13-15)11-8-14-5-2-3-12-24-14/h2-13H,1H3,(H,25,26)(H,27,28). The zero-order chi connectivity index (χ0) is 20.9. The van der Waals surface area contributed by atoms with E-state index in [2.05, 4.69) is 25.5 Å². The molecule has 0 aliphatic carbocycles. The van der Waals surface area contributed by atoms with E-state index in [0.717, 1.165) is 27.2 Å². The summed E-state index contributed by atoms with van der Waals surface area (Å²) < 4.78 is 14.2. The van der Waals surface area contributed by atoms with Crippen LogP contribution >= 0.6 is 11.8 Å². The summed E-state index contributed by atoms with van der Waals surface area (Å²) in [6.45, 7) is 0. The number of hydrogen-bond acceptors (Lipinski definition) is 5. The molecule has 2 heterocycles. The second-order valence-corrected chi connectivity index (χ2v) is 7.37. The highest BCUT2D eigenvalue weighted by Gasteiger charge is 2.18. The first-order valence-electron chi connectivity index (χ1n) is 9.02. The molecule has 6 nitrogen and oxygen atoms in total. The number of hydrogen-bond donors (Lipinski definition) is 2. The molecule has 0 unspecified atom stereocenters. The zero-order valence-electron chi connectivity index (χ0n) is 15.9. The van der Waals surface area contributed by atoms with Crippen molar-refractivity contribution in [2.75, 3.05) is 7.11 Å². The van der Waals surface area contributed by atoms with Crippen molar-refractivity contribution in [3.63, 3.8) is 0 Å². The molecule has 0 saturated heterocycles. The van der Waals surface area contributed by atoms with Gasteiger partial charge in [0.05, 0.1) is 29.6 Å². The molecule has 0 saturated carbocycles. The van der Waals surface area contributed by atoms with E-state index < -0.39 is 11.7 Å². The molecule has 0 spiro atoms.